The van der Waals surface area contributed by atoms with Crippen molar-refractivity contribution in [1.29, 1.82) is 0 Å². The number of hydrogen-bond acceptors (Lipinski definition) is 5. The van der Waals surface area contributed by atoms with E-state index in [1.165, 1.54) is 13.2 Å². The van der Waals surface area contributed by atoms with Gasteiger partial charge in [0.1, 0.15) is 6.61 Å². The molecule has 1 saturated heterocycles. The van der Waals surface area contributed by atoms with Crippen molar-refractivity contribution >= 4 is 17.3 Å². The van der Waals surface area contributed by atoms with E-state index in [1.807, 2.05) is 6.92 Å². The van der Waals surface area contributed by atoms with Gasteiger partial charge in [0.05, 0.1) is 36.2 Å². The topological polar surface area (TPSA) is 70.8 Å². The quantitative estimate of drug-likeness (QED) is 0.457. The van der Waals surface area contributed by atoms with Gasteiger partial charge in [0.15, 0.2) is 11.5 Å². The number of nitrogens with zero attached hydrogens (tertiary/aromatic N) is 1. The highest BCUT2D eigenvalue weighted by atomic mass is 35.5. The molecule has 0 saturated carbocycles. The second kappa shape index (κ2) is 6.95. The lowest BCUT2D eigenvalue weighted by Crippen LogP contribution is -2.18. The first kappa shape index (κ1) is 15.9. The molecule has 1 fully saturated rings. The molecule has 2 unspecified atom stereocenters. The first-order valence-corrected chi connectivity index (χ1v) is 7.28. The molecule has 0 aromatic heterocycles. The van der Waals surface area contributed by atoms with E-state index in [0.29, 0.717) is 23.7 Å². The lowest BCUT2D eigenvalue weighted by Gasteiger charge is -2.15. The number of rotatable bonds is 6. The molecule has 0 N–H and O–H groups in total. The van der Waals surface area contributed by atoms with Gasteiger partial charge in [0.25, 0.3) is 5.69 Å². The first-order valence-electron chi connectivity index (χ1n) is 6.74. The molecule has 0 radical (unpaired) electrons. The number of ether oxygens (including phenoxy) is 3. The summed E-state index contributed by atoms with van der Waals surface area (Å²) in [6, 6.07) is 2.90. The summed E-state index contributed by atoms with van der Waals surface area (Å²) in [7, 11) is 1.49. The van der Waals surface area contributed by atoms with Gasteiger partial charge in [-0.25, -0.2) is 0 Å². The van der Waals surface area contributed by atoms with Gasteiger partial charge in [-0.05, 0) is 25.8 Å². The van der Waals surface area contributed by atoms with Crippen molar-refractivity contribution in [1.82, 2.24) is 0 Å². The number of nitro groups is 1. The molecule has 6 nitrogen and oxygen atoms in total. The summed E-state index contributed by atoms with van der Waals surface area (Å²) >= 11 is 5.73. The van der Waals surface area contributed by atoms with Gasteiger partial charge in [-0.15, -0.1) is 11.6 Å². The van der Waals surface area contributed by atoms with Crippen LogP contribution in [-0.4, -0.2) is 30.8 Å². The van der Waals surface area contributed by atoms with Gasteiger partial charge in [-0.2, -0.15) is 0 Å². The minimum atomic E-state index is -0.474. The summed E-state index contributed by atoms with van der Waals surface area (Å²) in [5, 5.41) is 11.1. The van der Waals surface area contributed by atoms with Crippen LogP contribution in [-0.2, 0) is 10.6 Å². The van der Waals surface area contributed by atoms with Crippen molar-refractivity contribution in [3.8, 4) is 11.5 Å². The number of benzene rings is 1. The molecule has 0 aliphatic carbocycles. The summed E-state index contributed by atoms with van der Waals surface area (Å²) in [5.41, 5.74) is 0.332. The van der Waals surface area contributed by atoms with Crippen molar-refractivity contribution in [2.75, 3.05) is 13.7 Å². The summed E-state index contributed by atoms with van der Waals surface area (Å²) in [6.07, 6.45) is 2.16. The highest BCUT2D eigenvalue weighted by Crippen LogP contribution is 2.36. The van der Waals surface area contributed by atoms with E-state index < -0.39 is 4.92 Å². The zero-order valence-electron chi connectivity index (χ0n) is 12.0. The Labute approximate surface area is 128 Å². The van der Waals surface area contributed by atoms with E-state index in [0.717, 1.165) is 12.8 Å². The molecule has 1 heterocycles. The monoisotopic (exact) mass is 315 g/mol. The molecule has 1 aliphatic heterocycles. The SMILES string of the molecule is COc1cc(CCl)c([N+](=O)[O-])cc1OCC1CCC(C)O1. The fourth-order valence-electron chi connectivity index (χ4n) is 2.33. The van der Waals surface area contributed by atoms with E-state index in [2.05, 4.69) is 0 Å². The number of alkyl halides is 1. The van der Waals surface area contributed by atoms with Crippen LogP contribution in [0.25, 0.3) is 0 Å². The first-order chi connectivity index (χ1) is 10.0. The number of methoxy groups -OCH3 is 1. The zero-order chi connectivity index (χ0) is 15.4. The predicted octanol–water partition coefficient (Wildman–Crippen LogP) is 3.29. The third kappa shape index (κ3) is 3.77. The second-order valence-electron chi connectivity index (χ2n) is 4.98. The molecule has 0 amide bonds. The molecule has 1 aromatic rings. The van der Waals surface area contributed by atoms with Gasteiger partial charge >= 0.3 is 0 Å². The minimum Gasteiger partial charge on any atom is -0.493 e. The van der Waals surface area contributed by atoms with Gasteiger partial charge < -0.3 is 14.2 Å². The molecule has 7 heteroatoms. The van der Waals surface area contributed by atoms with E-state index in [-0.39, 0.29) is 23.8 Å². The van der Waals surface area contributed by atoms with Crippen LogP contribution in [0, 0.1) is 10.1 Å². The summed E-state index contributed by atoms with van der Waals surface area (Å²) in [5.74, 6) is 0.805. The van der Waals surface area contributed by atoms with Crippen LogP contribution in [0.3, 0.4) is 0 Å². The Hall–Kier alpha value is -1.53. The standard InChI is InChI=1S/C14H18ClNO5/c1-9-3-4-11(21-9)8-20-14-6-12(16(17)18)10(7-15)5-13(14)19-2/h5-6,9,11H,3-4,7-8H2,1-2H3. The van der Waals surface area contributed by atoms with Crippen LogP contribution < -0.4 is 9.47 Å². The Kier molecular flexibility index (Phi) is 5.25. The van der Waals surface area contributed by atoms with Crippen LogP contribution in [0.1, 0.15) is 25.3 Å². The molecule has 0 spiro atoms. The fraction of sp³-hybridized carbons (Fsp3) is 0.571. The maximum Gasteiger partial charge on any atom is 0.277 e. The third-order valence-electron chi connectivity index (χ3n) is 3.45. The highest BCUT2D eigenvalue weighted by Gasteiger charge is 2.24. The van der Waals surface area contributed by atoms with Crippen molar-refractivity contribution in [2.45, 2.75) is 37.9 Å². The van der Waals surface area contributed by atoms with Crippen molar-refractivity contribution in [3.63, 3.8) is 0 Å². The predicted molar refractivity (Wildman–Crippen MR) is 78.3 cm³/mol. The molecular weight excluding hydrogens is 298 g/mol. The average Bonchev–Trinajstić information content (AvgIpc) is 2.89. The molecule has 2 atom stereocenters. The number of hydrogen-bond donors (Lipinski definition) is 0. The Bertz CT molecular complexity index is 522. The van der Waals surface area contributed by atoms with Gasteiger partial charge in [-0.3, -0.25) is 10.1 Å². The molecule has 2 rings (SSSR count). The molecule has 1 aliphatic rings. The molecule has 116 valence electrons. The Morgan fingerprint density at radius 2 is 2.19 bits per heavy atom. The lowest BCUT2D eigenvalue weighted by atomic mass is 10.1. The largest absolute Gasteiger partial charge is 0.493 e. The molecule has 1 aromatic carbocycles. The van der Waals surface area contributed by atoms with Gasteiger partial charge in [0.2, 0.25) is 0 Å². The Morgan fingerprint density at radius 3 is 2.71 bits per heavy atom. The Morgan fingerprint density at radius 1 is 1.43 bits per heavy atom. The number of nitro benzene ring substituents is 1. The lowest BCUT2D eigenvalue weighted by molar-refractivity contribution is -0.385. The maximum absolute atomic E-state index is 11.1. The highest BCUT2D eigenvalue weighted by molar-refractivity contribution is 6.17. The minimum absolute atomic E-state index is 0.0106. The van der Waals surface area contributed by atoms with Crippen LogP contribution in [0.4, 0.5) is 5.69 Å². The molecular formula is C14H18ClNO5. The van der Waals surface area contributed by atoms with E-state index in [4.69, 9.17) is 25.8 Å². The van der Waals surface area contributed by atoms with Crippen LogP contribution in [0.5, 0.6) is 11.5 Å². The van der Waals surface area contributed by atoms with Crippen LogP contribution >= 0.6 is 11.6 Å². The van der Waals surface area contributed by atoms with Crippen molar-refractivity contribution < 1.29 is 19.1 Å². The molecule has 21 heavy (non-hydrogen) atoms. The van der Waals surface area contributed by atoms with E-state index in [9.17, 15) is 10.1 Å². The summed E-state index contributed by atoms with van der Waals surface area (Å²) < 4.78 is 16.5. The summed E-state index contributed by atoms with van der Waals surface area (Å²) in [4.78, 5) is 10.6. The normalized spacial score (nSPS) is 21.3. The van der Waals surface area contributed by atoms with Crippen molar-refractivity contribution in [2.24, 2.45) is 0 Å². The number of halogens is 1. The van der Waals surface area contributed by atoms with Crippen LogP contribution in [0.15, 0.2) is 12.1 Å². The smallest absolute Gasteiger partial charge is 0.277 e. The van der Waals surface area contributed by atoms with E-state index >= 15 is 0 Å². The fourth-order valence-corrected chi connectivity index (χ4v) is 2.55. The van der Waals surface area contributed by atoms with E-state index in [1.54, 1.807) is 6.07 Å². The zero-order valence-corrected chi connectivity index (χ0v) is 12.8. The average molecular weight is 316 g/mol. The summed E-state index contributed by atoms with van der Waals surface area (Å²) in [6.45, 7) is 2.36. The maximum atomic E-state index is 11.1. The van der Waals surface area contributed by atoms with Crippen LogP contribution in [0.2, 0.25) is 0 Å². The second-order valence-corrected chi connectivity index (χ2v) is 5.25. The Balaban J connectivity index is 2.17. The van der Waals surface area contributed by atoms with Gasteiger partial charge in [0, 0.05) is 5.56 Å². The third-order valence-corrected chi connectivity index (χ3v) is 3.74. The van der Waals surface area contributed by atoms with Crippen molar-refractivity contribution in [3.05, 3.63) is 27.8 Å². The van der Waals surface area contributed by atoms with Gasteiger partial charge in [-0.1, -0.05) is 0 Å². The molecule has 0 bridgehead atoms.